The van der Waals surface area contributed by atoms with E-state index in [1.807, 2.05) is 24.3 Å². The lowest BCUT2D eigenvalue weighted by Gasteiger charge is -2.08. The lowest BCUT2D eigenvalue weighted by molar-refractivity contribution is 0.414. The first-order valence-corrected chi connectivity index (χ1v) is 6.34. The Morgan fingerprint density at radius 3 is 2.68 bits per heavy atom. The van der Waals surface area contributed by atoms with Crippen LogP contribution in [0.1, 0.15) is 5.56 Å². The van der Waals surface area contributed by atoms with Crippen LogP contribution in [0, 0.1) is 0 Å². The number of aromatic nitrogens is 1. The van der Waals surface area contributed by atoms with E-state index in [1.54, 1.807) is 19.4 Å². The minimum Gasteiger partial charge on any atom is -0.497 e. The first-order valence-electron chi connectivity index (χ1n) is 5.97. The molecule has 0 spiro atoms. The molecule has 0 fully saturated rings. The third-order valence-electron chi connectivity index (χ3n) is 2.75. The van der Waals surface area contributed by atoms with Crippen LogP contribution in [0.2, 0.25) is 5.02 Å². The van der Waals surface area contributed by atoms with Crippen molar-refractivity contribution in [1.29, 1.82) is 0 Å². The van der Waals surface area contributed by atoms with Crippen LogP contribution in [0.25, 0.3) is 0 Å². The zero-order valence-electron chi connectivity index (χ0n) is 10.7. The normalized spacial score (nSPS) is 10.2. The van der Waals surface area contributed by atoms with E-state index in [1.165, 1.54) is 5.56 Å². The molecule has 0 radical (unpaired) electrons. The topological polar surface area (TPSA) is 60.2 Å². The number of nitrogen functional groups attached to an aromatic ring is 1. The fraction of sp³-hybridized carbons (Fsp3) is 0.214. The Hall–Kier alpha value is -1.94. The summed E-state index contributed by atoms with van der Waals surface area (Å²) in [5, 5.41) is 3.73. The largest absolute Gasteiger partial charge is 0.497 e. The quantitative estimate of drug-likeness (QED) is 0.882. The number of nitrogens with two attached hydrogens (primary N) is 1. The van der Waals surface area contributed by atoms with Gasteiger partial charge in [0.05, 0.1) is 17.8 Å². The number of pyridine rings is 1. The highest BCUT2D eigenvalue weighted by molar-refractivity contribution is 6.30. The molecule has 0 atom stereocenters. The standard InChI is InChI=1S/C14H16ClN3O/c1-19-12-4-2-10(3-5-12)6-7-17-14-13(16)8-11(15)9-18-14/h2-5,8-9H,6-7,16H2,1H3,(H,17,18). The summed E-state index contributed by atoms with van der Waals surface area (Å²) in [5.74, 6) is 1.53. The van der Waals surface area contributed by atoms with Gasteiger partial charge < -0.3 is 15.8 Å². The highest BCUT2D eigenvalue weighted by Gasteiger charge is 2.01. The second kappa shape index (κ2) is 6.29. The van der Waals surface area contributed by atoms with Gasteiger partial charge in [0.2, 0.25) is 0 Å². The van der Waals surface area contributed by atoms with Gasteiger partial charge in [-0.25, -0.2) is 4.98 Å². The molecule has 0 unspecified atom stereocenters. The van der Waals surface area contributed by atoms with Gasteiger partial charge in [-0.05, 0) is 30.2 Å². The summed E-state index contributed by atoms with van der Waals surface area (Å²) in [4.78, 5) is 4.15. The molecule has 0 bridgehead atoms. The Morgan fingerprint density at radius 2 is 2.05 bits per heavy atom. The molecule has 2 aromatic rings. The van der Waals surface area contributed by atoms with E-state index in [0.717, 1.165) is 18.7 Å². The van der Waals surface area contributed by atoms with Crippen LogP contribution >= 0.6 is 11.6 Å². The SMILES string of the molecule is COc1ccc(CCNc2ncc(Cl)cc2N)cc1. The van der Waals surface area contributed by atoms with Gasteiger partial charge in [0.1, 0.15) is 11.6 Å². The molecule has 1 aromatic heterocycles. The summed E-state index contributed by atoms with van der Waals surface area (Å²) in [7, 11) is 1.66. The fourth-order valence-electron chi connectivity index (χ4n) is 1.72. The summed E-state index contributed by atoms with van der Waals surface area (Å²) in [5.41, 5.74) is 7.59. The summed E-state index contributed by atoms with van der Waals surface area (Å²) in [6.45, 7) is 0.755. The fourth-order valence-corrected chi connectivity index (χ4v) is 1.89. The maximum atomic E-state index is 5.81. The van der Waals surface area contributed by atoms with Crippen molar-refractivity contribution < 1.29 is 4.74 Å². The van der Waals surface area contributed by atoms with Gasteiger partial charge >= 0.3 is 0 Å². The Balaban J connectivity index is 1.88. The van der Waals surface area contributed by atoms with Gasteiger partial charge in [0.25, 0.3) is 0 Å². The van der Waals surface area contributed by atoms with Crippen molar-refractivity contribution in [2.75, 3.05) is 24.7 Å². The monoisotopic (exact) mass is 277 g/mol. The molecule has 0 saturated carbocycles. The average Bonchev–Trinajstić information content (AvgIpc) is 2.42. The number of rotatable bonds is 5. The number of benzene rings is 1. The van der Waals surface area contributed by atoms with E-state index in [4.69, 9.17) is 22.1 Å². The van der Waals surface area contributed by atoms with Crippen LogP contribution in [-0.4, -0.2) is 18.6 Å². The molecule has 0 aliphatic rings. The van der Waals surface area contributed by atoms with E-state index in [0.29, 0.717) is 16.5 Å². The molecule has 2 rings (SSSR count). The van der Waals surface area contributed by atoms with Gasteiger partial charge in [-0.15, -0.1) is 0 Å². The molecule has 5 heteroatoms. The van der Waals surface area contributed by atoms with Gasteiger partial charge in [0, 0.05) is 12.7 Å². The van der Waals surface area contributed by atoms with Crippen molar-refractivity contribution in [2.45, 2.75) is 6.42 Å². The zero-order valence-corrected chi connectivity index (χ0v) is 11.4. The maximum Gasteiger partial charge on any atom is 0.149 e. The highest BCUT2D eigenvalue weighted by Crippen LogP contribution is 2.19. The summed E-state index contributed by atoms with van der Waals surface area (Å²) in [6, 6.07) is 9.66. The Bertz CT molecular complexity index is 543. The lowest BCUT2D eigenvalue weighted by atomic mass is 10.1. The molecule has 3 N–H and O–H groups in total. The van der Waals surface area contributed by atoms with Crippen molar-refractivity contribution in [3.8, 4) is 5.75 Å². The van der Waals surface area contributed by atoms with E-state index in [9.17, 15) is 0 Å². The van der Waals surface area contributed by atoms with Crippen molar-refractivity contribution in [1.82, 2.24) is 4.98 Å². The molecule has 100 valence electrons. The van der Waals surface area contributed by atoms with Crippen LogP contribution in [-0.2, 0) is 6.42 Å². The average molecular weight is 278 g/mol. The third-order valence-corrected chi connectivity index (χ3v) is 2.96. The molecular weight excluding hydrogens is 262 g/mol. The first-order chi connectivity index (χ1) is 9.19. The molecule has 19 heavy (non-hydrogen) atoms. The predicted molar refractivity (Wildman–Crippen MR) is 78.8 cm³/mol. The minimum absolute atomic E-state index is 0.540. The van der Waals surface area contributed by atoms with Gasteiger partial charge in [-0.2, -0.15) is 0 Å². The van der Waals surface area contributed by atoms with Crippen molar-refractivity contribution in [3.05, 3.63) is 47.1 Å². The van der Waals surface area contributed by atoms with Gasteiger partial charge in [0.15, 0.2) is 0 Å². The Morgan fingerprint density at radius 1 is 1.32 bits per heavy atom. The van der Waals surface area contributed by atoms with Crippen molar-refractivity contribution in [3.63, 3.8) is 0 Å². The number of hydrogen-bond acceptors (Lipinski definition) is 4. The van der Waals surface area contributed by atoms with E-state index < -0.39 is 0 Å². The summed E-state index contributed by atoms with van der Waals surface area (Å²) >= 11 is 5.79. The molecular formula is C14H16ClN3O. The number of halogens is 1. The van der Waals surface area contributed by atoms with Crippen molar-refractivity contribution >= 4 is 23.1 Å². The third kappa shape index (κ3) is 3.76. The lowest BCUT2D eigenvalue weighted by Crippen LogP contribution is -2.08. The second-order valence-electron chi connectivity index (χ2n) is 4.12. The molecule has 0 aliphatic heterocycles. The van der Waals surface area contributed by atoms with Gasteiger partial charge in [-0.1, -0.05) is 23.7 Å². The van der Waals surface area contributed by atoms with Crippen LogP contribution < -0.4 is 15.8 Å². The van der Waals surface area contributed by atoms with Crippen molar-refractivity contribution in [2.24, 2.45) is 0 Å². The van der Waals surface area contributed by atoms with Crippen LogP contribution in [0.3, 0.4) is 0 Å². The molecule has 0 amide bonds. The number of anilines is 2. The van der Waals surface area contributed by atoms with Crippen LogP contribution in [0.5, 0.6) is 5.75 Å². The Labute approximate surface area is 117 Å². The van der Waals surface area contributed by atoms with E-state index in [2.05, 4.69) is 10.3 Å². The molecule has 1 aromatic carbocycles. The molecule has 0 aliphatic carbocycles. The predicted octanol–water partition coefficient (Wildman–Crippen LogP) is 2.98. The molecule has 1 heterocycles. The second-order valence-corrected chi connectivity index (χ2v) is 4.55. The Kier molecular flexibility index (Phi) is 4.47. The highest BCUT2D eigenvalue weighted by atomic mass is 35.5. The maximum absolute atomic E-state index is 5.81. The summed E-state index contributed by atoms with van der Waals surface area (Å²) < 4.78 is 5.12. The number of methoxy groups -OCH3 is 1. The number of hydrogen-bond donors (Lipinski definition) is 2. The first kappa shape index (κ1) is 13.5. The molecule has 0 saturated heterocycles. The van der Waals surface area contributed by atoms with E-state index in [-0.39, 0.29) is 0 Å². The molecule has 4 nitrogen and oxygen atoms in total. The summed E-state index contributed by atoms with van der Waals surface area (Å²) in [6.07, 6.45) is 2.46. The number of ether oxygens (including phenoxy) is 1. The minimum atomic E-state index is 0.540. The smallest absolute Gasteiger partial charge is 0.149 e. The van der Waals surface area contributed by atoms with Gasteiger partial charge in [-0.3, -0.25) is 0 Å². The van der Waals surface area contributed by atoms with Crippen LogP contribution in [0.4, 0.5) is 11.5 Å². The number of nitrogens with one attached hydrogen (secondary N) is 1. The zero-order chi connectivity index (χ0) is 13.7. The van der Waals surface area contributed by atoms with Crippen LogP contribution in [0.15, 0.2) is 36.5 Å². The number of nitrogens with zero attached hydrogens (tertiary/aromatic N) is 1. The van der Waals surface area contributed by atoms with E-state index >= 15 is 0 Å².